The smallest absolute Gasteiger partial charge is 0.342 e. The van der Waals surface area contributed by atoms with Gasteiger partial charge in [0.2, 0.25) is 0 Å². The van der Waals surface area contributed by atoms with Gasteiger partial charge in [0, 0.05) is 4.47 Å². The average Bonchev–Trinajstić information content (AvgIpc) is 2.55. The summed E-state index contributed by atoms with van der Waals surface area (Å²) in [5, 5.41) is 2.68. The average molecular weight is 378 g/mol. The van der Waals surface area contributed by atoms with Gasteiger partial charge < -0.3 is 14.8 Å². The molecule has 6 heteroatoms. The standard InChI is InChI=1S/C17H16BrNO4/c1-11-7-8-14(13(18)9-11)19-16(20)10-23-17(21)12-5-3-4-6-15(12)22-2/h3-9H,10H2,1-2H3,(H,19,20). The molecule has 1 amide bonds. The van der Waals surface area contributed by atoms with Crippen LogP contribution in [0, 0.1) is 6.92 Å². The number of halogens is 1. The largest absolute Gasteiger partial charge is 0.496 e. The van der Waals surface area contributed by atoms with Crippen LogP contribution in [-0.4, -0.2) is 25.6 Å². The van der Waals surface area contributed by atoms with Crippen molar-refractivity contribution in [2.45, 2.75) is 6.92 Å². The number of rotatable bonds is 5. The predicted molar refractivity (Wildman–Crippen MR) is 90.8 cm³/mol. The van der Waals surface area contributed by atoms with Crippen LogP contribution < -0.4 is 10.1 Å². The summed E-state index contributed by atoms with van der Waals surface area (Å²) >= 11 is 3.37. The topological polar surface area (TPSA) is 64.6 Å². The third kappa shape index (κ3) is 4.56. The highest BCUT2D eigenvalue weighted by atomic mass is 79.9. The monoisotopic (exact) mass is 377 g/mol. The molecule has 2 aromatic rings. The van der Waals surface area contributed by atoms with Crippen molar-refractivity contribution in [2.75, 3.05) is 19.0 Å². The van der Waals surface area contributed by atoms with Crippen LogP contribution in [0.25, 0.3) is 0 Å². The fraction of sp³-hybridized carbons (Fsp3) is 0.176. The number of anilines is 1. The maximum absolute atomic E-state index is 12.0. The zero-order chi connectivity index (χ0) is 16.8. The number of ether oxygens (including phenoxy) is 2. The molecule has 23 heavy (non-hydrogen) atoms. The molecule has 0 saturated heterocycles. The van der Waals surface area contributed by atoms with E-state index in [1.165, 1.54) is 7.11 Å². The van der Waals surface area contributed by atoms with E-state index in [-0.39, 0.29) is 12.2 Å². The summed E-state index contributed by atoms with van der Waals surface area (Å²) < 4.78 is 10.9. The summed E-state index contributed by atoms with van der Waals surface area (Å²) in [6.45, 7) is 1.57. The number of benzene rings is 2. The highest BCUT2D eigenvalue weighted by molar-refractivity contribution is 9.10. The van der Waals surface area contributed by atoms with Gasteiger partial charge in [-0.15, -0.1) is 0 Å². The number of esters is 1. The van der Waals surface area contributed by atoms with Crippen LogP contribution in [0.4, 0.5) is 5.69 Å². The molecule has 0 aliphatic rings. The van der Waals surface area contributed by atoms with Crippen LogP contribution in [0.1, 0.15) is 15.9 Å². The molecular formula is C17H16BrNO4. The molecule has 0 atom stereocenters. The molecule has 2 aromatic carbocycles. The molecule has 0 aliphatic carbocycles. The van der Waals surface area contributed by atoms with Crippen LogP contribution in [0.15, 0.2) is 46.9 Å². The normalized spacial score (nSPS) is 10.0. The lowest BCUT2D eigenvalue weighted by atomic mass is 10.2. The van der Waals surface area contributed by atoms with E-state index < -0.39 is 11.9 Å². The van der Waals surface area contributed by atoms with Crippen molar-refractivity contribution in [1.29, 1.82) is 0 Å². The Morgan fingerprint density at radius 2 is 1.91 bits per heavy atom. The second-order valence-electron chi connectivity index (χ2n) is 4.81. The minimum atomic E-state index is -0.611. The van der Waals surface area contributed by atoms with E-state index >= 15 is 0 Å². The number of nitrogens with one attached hydrogen (secondary N) is 1. The van der Waals surface area contributed by atoms with E-state index in [0.717, 1.165) is 10.0 Å². The SMILES string of the molecule is COc1ccccc1C(=O)OCC(=O)Nc1ccc(C)cc1Br. The number of amides is 1. The van der Waals surface area contributed by atoms with Crippen LogP contribution in [0.2, 0.25) is 0 Å². The molecule has 0 aliphatic heterocycles. The zero-order valence-corrected chi connectivity index (χ0v) is 14.3. The first-order valence-corrected chi connectivity index (χ1v) is 7.66. The predicted octanol–water partition coefficient (Wildman–Crippen LogP) is 3.56. The van der Waals surface area contributed by atoms with Crippen LogP contribution in [-0.2, 0) is 9.53 Å². The first-order chi connectivity index (χ1) is 11.0. The number of hydrogen-bond acceptors (Lipinski definition) is 4. The van der Waals surface area contributed by atoms with Crippen molar-refractivity contribution in [3.63, 3.8) is 0 Å². The third-order valence-electron chi connectivity index (χ3n) is 3.06. The summed E-state index contributed by atoms with van der Waals surface area (Å²) in [7, 11) is 1.47. The Morgan fingerprint density at radius 1 is 1.17 bits per heavy atom. The van der Waals surface area contributed by atoms with Gasteiger partial charge in [-0.1, -0.05) is 18.2 Å². The van der Waals surface area contributed by atoms with Gasteiger partial charge in [0.15, 0.2) is 6.61 Å². The van der Waals surface area contributed by atoms with Crippen LogP contribution in [0.3, 0.4) is 0 Å². The van der Waals surface area contributed by atoms with Gasteiger partial charge in [-0.3, -0.25) is 4.79 Å². The second-order valence-corrected chi connectivity index (χ2v) is 5.66. The highest BCUT2D eigenvalue weighted by Gasteiger charge is 2.15. The lowest BCUT2D eigenvalue weighted by molar-refractivity contribution is -0.119. The van der Waals surface area contributed by atoms with Gasteiger partial charge in [-0.25, -0.2) is 4.79 Å². The van der Waals surface area contributed by atoms with Gasteiger partial charge in [0.05, 0.1) is 12.8 Å². The maximum Gasteiger partial charge on any atom is 0.342 e. The quantitative estimate of drug-likeness (QED) is 0.809. The minimum absolute atomic E-state index is 0.277. The Bertz CT molecular complexity index is 730. The van der Waals surface area contributed by atoms with Crippen molar-refractivity contribution in [2.24, 2.45) is 0 Å². The van der Waals surface area contributed by atoms with E-state index in [2.05, 4.69) is 21.2 Å². The molecule has 0 fully saturated rings. The van der Waals surface area contributed by atoms with Crippen LogP contribution >= 0.6 is 15.9 Å². The molecule has 0 aromatic heterocycles. The van der Waals surface area contributed by atoms with Gasteiger partial charge in [-0.05, 0) is 52.7 Å². The first kappa shape index (κ1) is 17.0. The van der Waals surface area contributed by atoms with Crippen molar-refractivity contribution < 1.29 is 19.1 Å². The van der Waals surface area contributed by atoms with E-state index in [9.17, 15) is 9.59 Å². The van der Waals surface area contributed by atoms with E-state index in [1.54, 1.807) is 30.3 Å². The van der Waals surface area contributed by atoms with Gasteiger partial charge in [0.25, 0.3) is 5.91 Å². The number of para-hydroxylation sites is 1. The Balaban J connectivity index is 1.95. The maximum atomic E-state index is 12.0. The molecule has 0 radical (unpaired) electrons. The van der Waals surface area contributed by atoms with Crippen molar-refractivity contribution in [3.05, 3.63) is 58.1 Å². The first-order valence-electron chi connectivity index (χ1n) is 6.87. The van der Waals surface area contributed by atoms with E-state index in [4.69, 9.17) is 9.47 Å². The zero-order valence-electron chi connectivity index (χ0n) is 12.8. The minimum Gasteiger partial charge on any atom is -0.496 e. The van der Waals surface area contributed by atoms with E-state index in [1.807, 2.05) is 19.1 Å². The molecular weight excluding hydrogens is 362 g/mol. The number of methoxy groups -OCH3 is 1. The molecule has 0 heterocycles. The highest BCUT2D eigenvalue weighted by Crippen LogP contribution is 2.23. The van der Waals surface area contributed by atoms with Gasteiger partial charge in [-0.2, -0.15) is 0 Å². The van der Waals surface area contributed by atoms with E-state index in [0.29, 0.717) is 11.4 Å². The molecule has 1 N–H and O–H groups in total. The molecule has 0 bridgehead atoms. The van der Waals surface area contributed by atoms with Crippen molar-refractivity contribution in [3.8, 4) is 5.75 Å². The molecule has 2 rings (SSSR count). The number of carbonyl (C=O) groups excluding carboxylic acids is 2. The molecule has 0 saturated carbocycles. The summed E-state index contributed by atoms with van der Waals surface area (Å²) in [6.07, 6.45) is 0. The van der Waals surface area contributed by atoms with Crippen LogP contribution in [0.5, 0.6) is 5.75 Å². The number of hydrogen-bond donors (Lipinski definition) is 1. The molecule has 0 spiro atoms. The second kappa shape index (κ2) is 7.78. The number of carbonyl (C=O) groups is 2. The number of aryl methyl sites for hydroxylation is 1. The summed E-state index contributed by atoms with van der Waals surface area (Å²) in [5.41, 5.74) is 1.96. The molecule has 5 nitrogen and oxygen atoms in total. The summed E-state index contributed by atoms with van der Waals surface area (Å²) in [4.78, 5) is 23.9. The Hall–Kier alpha value is -2.34. The third-order valence-corrected chi connectivity index (χ3v) is 3.72. The lowest BCUT2D eigenvalue weighted by Crippen LogP contribution is -2.21. The summed E-state index contributed by atoms with van der Waals surface area (Å²) in [5.74, 6) is -0.627. The Labute approximate surface area is 142 Å². The summed E-state index contributed by atoms with van der Waals surface area (Å²) in [6, 6.07) is 12.2. The molecule has 0 unspecified atom stereocenters. The van der Waals surface area contributed by atoms with Gasteiger partial charge >= 0.3 is 5.97 Å². The Morgan fingerprint density at radius 3 is 2.61 bits per heavy atom. The fourth-order valence-electron chi connectivity index (χ4n) is 1.93. The van der Waals surface area contributed by atoms with Crippen molar-refractivity contribution in [1.82, 2.24) is 0 Å². The molecule has 120 valence electrons. The Kier molecular flexibility index (Phi) is 5.76. The fourth-order valence-corrected chi connectivity index (χ4v) is 2.52. The van der Waals surface area contributed by atoms with Gasteiger partial charge in [0.1, 0.15) is 11.3 Å². The lowest BCUT2D eigenvalue weighted by Gasteiger charge is -2.10. The van der Waals surface area contributed by atoms with Crippen molar-refractivity contribution >= 4 is 33.5 Å².